The van der Waals surface area contributed by atoms with E-state index in [1.165, 1.54) is 5.56 Å². The number of carbonyl (C=O) groups is 1. The van der Waals surface area contributed by atoms with Crippen molar-refractivity contribution in [2.45, 2.75) is 81.0 Å². The normalized spacial score (nSPS) is 28.6. The van der Waals surface area contributed by atoms with Gasteiger partial charge in [0.05, 0.1) is 5.25 Å². The quantitative estimate of drug-likeness (QED) is 0.520. The molecule has 1 amide bonds. The van der Waals surface area contributed by atoms with Crippen LogP contribution < -0.4 is 5.32 Å². The van der Waals surface area contributed by atoms with E-state index in [1.54, 1.807) is 10.4 Å². The monoisotopic (exact) mass is 540 g/mol. The summed E-state index contributed by atoms with van der Waals surface area (Å²) in [6.07, 6.45) is 8.19. The Bertz CT molecular complexity index is 1220. The first-order valence-corrected chi connectivity index (χ1v) is 15.9. The van der Waals surface area contributed by atoms with Gasteiger partial charge in [0.1, 0.15) is 5.76 Å². The van der Waals surface area contributed by atoms with Crippen molar-refractivity contribution in [3.8, 4) is 0 Å². The molecule has 0 spiro atoms. The Kier molecular flexibility index (Phi) is 7.35. The molecule has 6 rings (SSSR count). The molecule has 1 aliphatic heterocycles. The minimum Gasteiger partial charge on any atom is -0.360 e. The summed E-state index contributed by atoms with van der Waals surface area (Å²) in [6, 6.07) is 12.7. The Labute approximate surface area is 226 Å². The first-order valence-electron chi connectivity index (χ1n) is 14.4. The molecule has 4 aliphatic rings. The molecule has 4 atom stereocenters. The number of fused-ring (bicyclic) bond motifs is 2. The fourth-order valence-corrected chi connectivity index (χ4v) is 9.39. The molecule has 8 nitrogen and oxygen atoms in total. The highest BCUT2D eigenvalue weighted by molar-refractivity contribution is 7.89. The molecule has 3 aliphatic carbocycles. The van der Waals surface area contributed by atoms with Crippen LogP contribution in [0.25, 0.3) is 0 Å². The Morgan fingerprint density at radius 3 is 2.58 bits per heavy atom. The molecular formula is C29H40N4O4S. The van der Waals surface area contributed by atoms with E-state index in [1.807, 2.05) is 6.07 Å². The molecule has 206 valence electrons. The molecule has 2 unspecified atom stereocenters. The molecule has 1 saturated heterocycles. The molecule has 2 bridgehead atoms. The lowest BCUT2D eigenvalue weighted by Crippen LogP contribution is -2.49. The van der Waals surface area contributed by atoms with Crippen LogP contribution in [0.3, 0.4) is 0 Å². The molecule has 1 aromatic heterocycles. The van der Waals surface area contributed by atoms with Crippen molar-refractivity contribution in [2.75, 3.05) is 26.7 Å². The zero-order valence-electron chi connectivity index (χ0n) is 22.3. The second-order valence-electron chi connectivity index (χ2n) is 12.1. The lowest BCUT2D eigenvalue weighted by Gasteiger charge is -2.38. The molecule has 2 heterocycles. The summed E-state index contributed by atoms with van der Waals surface area (Å²) >= 11 is 0. The first-order chi connectivity index (χ1) is 18.4. The van der Waals surface area contributed by atoms with E-state index in [0.717, 1.165) is 63.7 Å². The maximum absolute atomic E-state index is 13.7. The van der Waals surface area contributed by atoms with Crippen LogP contribution >= 0.6 is 0 Å². The Balaban J connectivity index is 1.00. The summed E-state index contributed by atoms with van der Waals surface area (Å²) in [6.45, 7) is 2.19. The number of piperidine rings is 1. The fourth-order valence-electron chi connectivity index (χ4n) is 7.06. The predicted molar refractivity (Wildman–Crippen MR) is 145 cm³/mol. The second kappa shape index (κ2) is 10.7. The number of hydrogen-bond donors (Lipinski definition) is 1. The van der Waals surface area contributed by atoms with E-state index in [0.29, 0.717) is 43.1 Å². The number of nitrogens with zero attached hydrogens (tertiary/aromatic N) is 3. The van der Waals surface area contributed by atoms with Gasteiger partial charge in [-0.15, -0.1) is 0 Å². The number of aromatic nitrogens is 1. The zero-order chi connectivity index (χ0) is 26.3. The van der Waals surface area contributed by atoms with Crippen molar-refractivity contribution < 1.29 is 17.7 Å². The van der Waals surface area contributed by atoms with Crippen LogP contribution in [-0.2, 0) is 16.4 Å². The lowest BCUT2D eigenvalue weighted by molar-refractivity contribution is 0.0909. The van der Waals surface area contributed by atoms with Gasteiger partial charge in [-0.05, 0) is 82.2 Å². The molecule has 9 heteroatoms. The number of hydrogen-bond acceptors (Lipinski definition) is 6. The van der Waals surface area contributed by atoms with Gasteiger partial charge in [-0.25, -0.2) is 12.7 Å². The average Bonchev–Trinajstić information content (AvgIpc) is 3.57. The van der Waals surface area contributed by atoms with Crippen LogP contribution in [0.5, 0.6) is 0 Å². The fraction of sp³-hybridized carbons (Fsp3) is 0.655. The third kappa shape index (κ3) is 5.56. The van der Waals surface area contributed by atoms with E-state index in [-0.39, 0.29) is 23.1 Å². The number of carbonyl (C=O) groups excluding carboxylic acids is 1. The molecule has 4 fully saturated rings. The van der Waals surface area contributed by atoms with Crippen LogP contribution in [0.1, 0.15) is 79.1 Å². The van der Waals surface area contributed by atoms with Gasteiger partial charge in [0, 0.05) is 43.7 Å². The largest absolute Gasteiger partial charge is 0.360 e. The molecule has 1 aromatic carbocycles. The summed E-state index contributed by atoms with van der Waals surface area (Å²) in [5.41, 5.74) is 1.68. The highest BCUT2D eigenvalue weighted by Gasteiger charge is 2.49. The number of likely N-dealkylation sites (N-methyl/N-ethyl adjacent to an activating group) is 1. The first kappa shape index (κ1) is 26.0. The van der Waals surface area contributed by atoms with Crippen molar-refractivity contribution >= 4 is 15.9 Å². The van der Waals surface area contributed by atoms with Gasteiger partial charge in [0.15, 0.2) is 5.69 Å². The van der Waals surface area contributed by atoms with Gasteiger partial charge in [-0.3, -0.25) is 4.79 Å². The minimum absolute atomic E-state index is 0.00322. The van der Waals surface area contributed by atoms with Crippen LogP contribution in [0.2, 0.25) is 0 Å². The van der Waals surface area contributed by atoms with E-state index in [4.69, 9.17) is 4.52 Å². The summed E-state index contributed by atoms with van der Waals surface area (Å²) in [5, 5.41) is 6.77. The molecular weight excluding hydrogens is 500 g/mol. The standard InChI is InChI=1S/C29H40N4O4S/c1-32(12-9-20-5-3-2-4-6-20)25-10-13-33(14-11-25)38(35,36)28-17-21-15-23(28)18-24(16-21)30-29(34)26-19-27(37-31-26)22-7-8-22/h2-6,19,21-25,28H,7-18H2,1H3,(H,30,34)/t21?,23-,24-,28?/m1/s1. The van der Waals surface area contributed by atoms with Crippen LogP contribution in [0.15, 0.2) is 40.9 Å². The average molecular weight is 541 g/mol. The van der Waals surface area contributed by atoms with Crippen molar-refractivity contribution in [3.63, 3.8) is 0 Å². The zero-order valence-corrected chi connectivity index (χ0v) is 23.1. The molecule has 38 heavy (non-hydrogen) atoms. The van der Waals surface area contributed by atoms with Crippen molar-refractivity contribution in [3.05, 3.63) is 53.4 Å². The highest BCUT2D eigenvalue weighted by atomic mass is 32.2. The Hall–Kier alpha value is -2.23. The van der Waals surface area contributed by atoms with E-state index >= 15 is 0 Å². The van der Waals surface area contributed by atoms with Crippen molar-refractivity contribution in [2.24, 2.45) is 11.8 Å². The maximum Gasteiger partial charge on any atom is 0.273 e. The van der Waals surface area contributed by atoms with Crippen LogP contribution in [-0.4, -0.2) is 72.7 Å². The third-order valence-corrected chi connectivity index (χ3v) is 11.8. The number of benzene rings is 1. The van der Waals surface area contributed by atoms with Gasteiger partial charge >= 0.3 is 0 Å². The molecule has 2 aromatic rings. The Morgan fingerprint density at radius 2 is 1.84 bits per heavy atom. The van der Waals surface area contributed by atoms with Gasteiger partial charge in [-0.1, -0.05) is 35.5 Å². The van der Waals surface area contributed by atoms with E-state index in [2.05, 4.69) is 46.7 Å². The summed E-state index contributed by atoms with van der Waals surface area (Å²) in [5.74, 6) is 1.47. The minimum atomic E-state index is -3.35. The number of sulfonamides is 1. The van der Waals surface area contributed by atoms with Gasteiger partial charge < -0.3 is 14.7 Å². The topological polar surface area (TPSA) is 95.8 Å². The van der Waals surface area contributed by atoms with Crippen LogP contribution in [0, 0.1) is 11.8 Å². The van der Waals surface area contributed by atoms with Crippen molar-refractivity contribution in [1.29, 1.82) is 0 Å². The number of amides is 1. The number of rotatable bonds is 9. The van der Waals surface area contributed by atoms with E-state index < -0.39 is 10.0 Å². The number of nitrogens with one attached hydrogen (secondary N) is 1. The molecule has 1 N–H and O–H groups in total. The van der Waals surface area contributed by atoms with Crippen molar-refractivity contribution in [1.82, 2.24) is 19.7 Å². The highest BCUT2D eigenvalue weighted by Crippen LogP contribution is 2.46. The summed E-state index contributed by atoms with van der Waals surface area (Å²) in [7, 11) is -1.18. The molecule has 0 radical (unpaired) electrons. The third-order valence-electron chi connectivity index (χ3n) is 9.39. The molecule has 3 saturated carbocycles. The van der Waals surface area contributed by atoms with Gasteiger partial charge in [0.25, 0.3) is 5.91 Å². The summed E-state index contributed by atoms with van der Waals surface area (Å²) in [4.78, 5) is 15.2. The maximum atomic E-state index is 13.7. The Morgan fingerprint density at radius 1 is 1.08 bits per heavy atom. The smallest absolute Gasteiger partial charge is 0.273 e. The predicted octanol–water partition coefficient (Wildman–Crippen LogP) is 3.81. The van der Waals surface area contributed by atoms with Gasteiger partial charge in [0.2, 0.25) is 10.0 Å². The van der Waals surface area contributed by atoms with Crippen LogP contribution in [0.4, 0.5) is 0 Å². The lowest BCUT2D eigenvalue weighted by atomic mass is 9.85. The van der Waals surface area contributed by atoms with Gasteiger partial charge in [-0.2, -0.15) is 0 Å². The second-order valence-corrected chi connectivity index (χ2v) is 14.2. The van der Waals surface area contributed by atoms with E-state index in [9.17, 15) is 13.2 Å². The summed E-state index contributed by atoms with van der Waals surface area (Å²) < 4.78 is 34.6. The SMILES string of the molecule is CN(CCc1ccccc1)C1CCN(S(=O)(=O)C2CC3C[C@@H](NC(=O)c4cc(C5CC5)on4)C[C@H]2C3)CC1.